The van der Waals surface area contributed by atoms with Crippen molar-refractivity contribution in [1.29, 1.82) is 0 Å². The van der Waals surface area contributed by atoms with E-state index in [4.69, 9.17) is 4.74 Å². The van der Waals surface area contributed by atoms with Gasteiger partial charge in [-0.2, -0.15) is 0 Å². The van der Waals surface area contributed by atoms with Crippen LogP contribution in [-0.4, -0.2) is 53.3 Å². The second-order valence-corrected chi connectivity index (χ2v) is 9.68. The molecule has 0 saturated carbocycles. The maximum Gasteiger partial charge on any atom is 0.348 e. The minimum absolute atomic E-state index is 0.193. The third-order valence-corrected chi connectivity index (χ3v) is 7.27. The van der Waals surface area contributed by atoms with Gasteiger partial charge in [-0.3, -0.25) is 4.98 Å². The van der Waals surface area contributed by atoms with Gasteiger partial charge in [0, 0.05) is 36.4 Å². The molecule has 1 unspecified atom stereocenters. The summed E-state index contributed by atoms with van der Waals surface area (Å²) in [5.74, 6) is -0.560. The summed E-state index contributed by atoms with van der Waals surface area (Å²) in [5.41, 5.74) is 2.57. The number of fused-ring (bicyclic) bond motifs is 3. The number of hydrogen-bond donors (Lipinski definition) is 1. The Hall–Kier alpha value is -3.02. The molecule has 0 amide bonds. The highest BCUT2D eigenvalue weighted by molar-refractivity contribution is 5.96. The van der Waals surface area contributed by atoms with E-state index in [1.807, 2.05) is 60.9 Å². The number of aromatic nitrogens is 1. The first-order valence-electron chi connectivity index (χ1n) is 11.8. The molecule has 1 saturated heterocycles. The number of esters is 1. The van der Waals surface area contributed by atoms with Crippen molar-refractivity contribution in [1.82, 2.24) is 4.98 Å². The first-order valence-corrected chi connectivity index (χ1v) is 11.8. The lowest BCUT2D eigenvalue weighted by Crippen LogP contribution is -2.55. The van der Waals surface area contributed by atoms with Gasteiger partial charge in [0.2, 0.25) is 5.60 Å². The SMILES string of the molecule is C[N@@+]1(CCCc2ccncc2)CCCC(OC(=O)C2(O)c3ccccc3-c3ccccc32)C1. The van der Waals surface area contributed by atoms with Crippen LogP contribution in [-0.2, 0) is 21.6 Å². The first kappa shape index (κ1) is 21.8. The van der Waals surface area contributed by atoms with Crippen molar-refractivity contribution in [3.8, 4) is 11.1 Å². The van der Waals surface area contributed by atoms with Crippen molar-refractivity contribution >= 4 is 5.97 Å². The largest absolute Gasteiger partial charge is 0.454 e. The summed E-state index contributed by atoms with van der Waals surface area (Å²) >= 11 is 0. The molecule has 2 atom stereocenters. The molecule has 0 bridgehead atoms. The van der Waals surface area contributed by atoms with E-state index in [-0.39, 0.29) is 6.10 Å². The summed E-state index contributed by atoms with van der Waals surface area (Å²) in [6, 6.07) is 19.3. The first-order chi connectivity index (χ1) is 16.0. The molecule has 1 aromatic heterocycles. The average molecular weight is 444 g/mol. The lowest BCUT2D eigenvalue weighted by Gasteiger charge is -2.41. The highest BCUT2D eigenvalue weighted by Gasteiger charge is 2.50. The van der Waals surface area contributed by atoms with Gasteiger partial charge in [-0.15, -0.1) is 0 Å². The zero-order chi connectivity index (χ0) is 22.9. The van der Waals surface area contributed by atoms with Gasteiger partial charge in [0.05, 0.1) is 20.1 Å². The maximum absolute atomic E-state index is 13.5. The Morgan fingerprint density at radius 3 is 2.36 bits per heavy atom. The second kappa shape index (κ2) is 8.73. The molecule has 1 aliphatic carbocycles. The van der Waals surface area contributed by atoms with E-state index in [9.17, 15) is 9.90 Å². The molecule has 170 valence electrons. The van der Waals surface area contributed by atoms with Crippen molar-refractivity contribution in [3.63, 3.8) is 0 Å². The Kier molecular flexibility index (Phi) is 5.77. The predicted molar refractivity (Wildman–Crippen MR) is 127 cm³/mol. The van der Waals surface area contributed by atoms with Gasteiger partial charge in [0.15, 0.2) is 6.10 Å². The Labute approximate surface area is 195 Å². The third kappa shape index (κ3) is 4.07. The van der Waals surface area contributed by atoms with Gasteiger partial charge in [0.1, 0.15) is 6.54 Å². The fraction of sp³-hybridized carbons (Fsp3) is 0.357. The van der Waals surface area contributed by atoms with Crippen molar-refractivity contribution < 1.29 is 19.1 Å². The molecule has 3 aromatic rings. The number of quaternary nitrogens is 1. The van der Waals surface area contributed by atoms with Gasteiger partial charge < -0.3 is 14.3 Å². The van der Waals surface area contributed by atoms with Crippen LogP contribution in [0.15, 0.2) is 73.1 Å². The molecule has 2 heterocycles. The van der Waals surface area contributed by atoms with Crippen LogP contribution in [0.25, 0.3) is 11.1 Å². The van der Waals surface area contributed by atoms with Crippen LogP contribution in [0.5, 0.6) is 0 Å². The van der Waals surface area contributed by atoms with E-state index in [0.717, 1.165) is 60.9 Å². The summed E-state index contributed by atoms with van der Waals surface area (Å²) in [4.78, 5) is 17.6. The van der Waals surface area contributed by atoms with E-state index in [1.165, 1.54) is 5.56 Å². The lowest BCUT2D eigenvalue weighted by molar-refractivity contribution is -0.917. The zero-order valence-corrected chi connectivity index (χ0v) is 19.1. The van der Waals surface area contributed by atoms with Crippen molar-refractivity contribution in [2.24, 2.45) is 0 Å². The standard InChI is InChI=1S/C28H31N2O3/c1-30(18-6-8-21-14-16-29-17-15-21)19-7-9-22(20-30)33-27(31)28(32)25-12-4-2-10-23(25)24-11-3-5-13-26(24)28/h2-5,10-17,22,32H,6-9,18-20H2,1H3/q+1/t22?,30-/m1/s1. The molecule has 5 rings (SSSR count). The number of aryl methyl sites for hydroxylation is 1. The molecule has 1 N–H and O–H groups in total. The number of benzene rings is 2. The Balaban J connectivity index is 1.29. The van der Waals surface area contributed by atoms with Crippen LogP contribution in [0, 0.1) is 0 Å². The lowest BCUT2D eigenvalue weighted by atomic mass is 9.91. The van der Waals surface area contributed by atoms with Crippen molar-refractivity contribution in [2.75, 3.05) is 26.7 Å². The second-order valence-electron chi connectivity index (χ2n) is 9.68. The molecular formula is C28H31N2O3+. The zero-order valence-electron chi connectivity index (χ0n) is 19.1. The van der Waals surface area contributed by atoms with Crippen LogP contribution in [0.1, 0.15) is 36.0 Å². The summed E-state index contributed by atoms with van der Waals surface area (Å²) in [6.07, 6.45) is 7.43. The van der Waals surface area contributed by atoms with Crippen LogP contribution in [0.4, 0.5) is 0 Å². The molecule has 0 radical (unpaired) electrons. The summed E-state index contributed by atoms with van der Waals surface area (Å²) in [6.45, 7) is 2.90. The van der Waals surface area contributed by atoms with Gasteiger partial charge in [0.25, 0.3) is 0 Å². The number of hydrogen-bond acceptors (Lipinski definition) is 4. The number of piperidine rings is 1. The Morgan fingerprint density at radius 1 is 1.06 bits per heavy atom. The van der Waals surface area contributed by atoms with Crippen LogP contribution >= 0.6 is 0 Å². The Morgan fingerprint density at radius 2 is 1.70 bits per heavy atom. The molecule has 5 nitrogen and oxygen atoms in total. The monoisotopic (exact) mass is 443 g/mol. The van der Waals surface area contributed by atoms with E-state index >= 15 is 0 Å². The van der Waals surface area contributed by atoms with E-state index < -0.39 is 11.6 Å². The molecule has 1 aliphatic heterocycles. The Bertz CT molecular complexity index is 1100. The number of pyridine rings is 1. The average Bonchev–Trinajstić information content (AvgIpc) is 3.10. The molecule has 5 heteroatoms. The van der Waals surface area contributed by atoms with Crippen molar-refractivity contribution in [2.45, 2.75) is 37.4 Å². The minimum Gasteiger partial charge on any atom is -0.454 e. The number of rotatable bonds is 6. The van der Waals surface area contributed by atoms with E-state index in [1.54, 1.807) is 0 Å². The summed E-state index contributed by atoms with van der Waals surface area (Å²) in [7, 11) is 2.25. The topological polar surface area (TPSA) is 59.4 Å². The number of aliphatic hydroxyl groups is 1. The maximum atomic E-state index is 13.5. The fourth-order valence-electron chi connectivity index (χ4n) is 5.56. The summed E-state index contributed by atoms with van der Waals surface area (Å²) < 4.78 is 6.92. The van der Waals surface area contributed by atoms with E-state index in [0.29, 0.717) is 11.1 Å². The highest BCUT2D eigenvalue weighted by Crippen LogP contribution is 2.48. The van der Waals surface area contributed by atoms with Crippen LogP contribution in [0.3, 0.4) is 0 Å². The van der Waals surface area contributed by atoms with Crippen LogP contribution < -0.4 is 0 Å². The number of ether oxygens (including phenoxy) is 1. The van der Waals surface area contributed by atoms with E-state index in [2.05, 4.69) is 24.2 Å². The molecular weight excluding hydrogens is 412 g/mol. The molecule has 0 spiro atoms. The van der Waals surface area contributed by atoms with Gasteiger partial charge in [-0.1, -0.05) is 48.5 Å². The highest BCUT2D eigenvalue weighted by atomic mass is 16.6. The molecule has 2 aromatic carbocycles. The van der Waals surface area contributed by atoms with Gasteiger partial charge >= 0.3 is 5.97 Å². The van der Waals surface area contributed by atoms with Gasteiger partial charge in [-0.25, -0.2) is 4.79 Å². The van der Waals surface area contributed by atoms with Crippen LogP contribution in [0.2, 0.25) is 0 Å². The number of carbonyl (C=O) groups is 1. The normalized spacial score (nSPS) is 22.9. The minimum atomic E-state index is -1.75. The smallest absolute Gasteiger partial charge is 0.348 e. The number of likely N-dealkylation sites (N-methyl/N-ethyl adjacent to an activating group) is 1. The summed E-state index contributed by atoms with van der Waals surface area (Å²) in [5, 5.41) is 11.7. The molecule has 33 heavy (non-hydrogen) atoms. The third-order valence-electron chi connectivity index (χ3n) is 7.27. The van der Waals surface area contributed by atoms with Gasteiger partial charge in [-0.05, 0) is 41.7 Å². The van der Waals surface area contributed by atoms with Crippen molar-refractivity contribution in [3.05, 3.63) is 89.7 Å². The number of carbonyl (C=O) groups excluding carboxylic acids is 1. The molecule has 1 fully saturated rings. The quantitative estimate of drug-likeness (QED) is 0.461. The predicted octanol–water partition coefficient (Wildman–Crippen LogP) is 4.08. The molecule has 2 aliphatic rings. The number of nitrogens with zero attached hydrogens (tertiary/aromatic N) is 2. The number of likely N-dealkylation sites (tertiary alicyclic amines) is 1. The fourth-order valence-corrected chi connectivity index (χ4v) is 5.56.